The average molecular weight is 441 g/mol. The lowest BCUT2D eigenvalue weighted by Crippen LogP contribution is -2.22. The summed E-state index contributed by atoms with van der Waals surface area (Å²) in [5.74, 6) is 0.333. The van der Waals surface area contributed by atoms with Crippen molar-refractivity contribution >= 4 is 10.9 Å². The van der Waals surface area contributed by atoms with E-state index in [-0.39, 0.29) is 11.3 Å². The smallest absolute Gasteiger partial charge is 0.406 e. The molecule has 0 saturated heterocycles. The Morgan fingerprint density at radius 3 is 2.47 bits per heavy atom. The van der Waals surface area contributed by atoms with E-state index in [9.17, 15) is 18.0 Å². The largest absolute Gasteiger partial charge is 0.573 e. The lowest BCUT2D eigenvalue weighted by molar-refractivity contribution is -0.274. The number of hydrogen-bond donors (Lipinski definition) is 1. The van der Waals surface area contributed by atoms with Crippen LogP contribution in [0.5, 0.6) is 5.75 Å². The van der Waals surface area contributed by atoms with E-state index in [0.717, 1.165) is 28.0 Å². The number of aromatic nitrogens is 3. The highest BCUT2D eigenvalue weighted by Gasteiger charge is 2.31. The van der Waals surface area contributed by atoms with Gasteiger partial charge in [0.2, 0.25) is 0 Å². The van der Waals surface area contributed by atoms with E-state index in [0.29, 0.717) is 29.7 Å². The van der Waals surface area contributed by atoms with Gasteiger partial charge < -0.3 is 14.3 Å². The number of nitrogens with zero attached hydrogens (tertiary/aromatic N) is 2. The second-order valence-corrected chi connectivity index (χ2v) is 7.68. The maximum Gasteiger partial charge on any atom is 0.573 e. The lowest BCUT2D eigenvalue weighted by Gasteiger charge is -2.17. The number of rotatable bonds is 5. The quantitative estimate of drug-likeness (QED) is 0.448. The van der Waals surface area contributed by atoms with Crippen molar-refractivity contribution in [1.29, 1.82) is 0 Å². The summed E-state index contributed by atoms with van der Waals surface area (Å²) in [6.07, 6.45) is -4.20. The minimum absolute atomic E-state index is 0.256. The molecule has 2 aromatic heterocycles. The van der Waals surface area contributed by atoms with E-state index < -0.39 is 6.36 Å². The first-order valence-corrected chi connectivity index (χ1v) is 10.1. The number of halogens is 3. The van der Waals surface area contributed by atoms with Gasteiger partial charge in [0, 0.05) is 28.8 Å². The number of aromatic amines is 1. The molecule has 0 aliphatic heterocycles. The second kappa shape index (κ2) is 8.18. The average Bonchev–Trinajstić information content (AvgIpc) is 3.02. The fourth-order valence-corrected chi connectivity index (χ4v) is 4.17. The highest BCUT2D eigenvalue weighted by molar-refractivity contribution is 5.86. The topological polar surface area (TPSA) is 59.9 Å². The van der Waals surface area contributed by atoms with Gasteiger partial charge in [-0.15, -0.1) is 13.2 Å². The summed E-state index contributed by atoms with van der Waals surface area (Å²) >= 11 is 0. The summed E-state index contributed by atoms with van der Waals surface area (Å²) in [7, 11) is 0. The fourth-order valence-electron chi connectivity index (χ4n) is 4.17. The predicted octanol–water partition coefficient (Wildman–Crippen LogP) is 5.46. The van der Waals surface area contributed by atoms with Crippen LogP contribution in [-0.4, -0.2) is 20.9 Å². The third-order valence-corrected chi connectivity index (χ3v) is 5.61. The number of alkyl halides is 3. The third-order valence-electron chi connectivity index (χ3n) is 5.61. The molecule has 0 saturated carbocycles. The second-order valence-electron chi connectivity index (χ2n) is 7.68. The Morgan fingerprint density at radius 2 is 1.78 bits per heavy atom. The van der Waals surface area contributed by atoms with Crippen LogP contribution < -0.4 is 10.3 Å². The van der Waals surface area contributed by atoms with E-state index in [1.54, 1.807) is 13.0 Å². The Kier molecular flexibility index (Phi) is 5.54. The number of fused-ring (bicyclic) bond motifs is 1. The van der Waals surface area contributed by atoms with Crippen molar-refractivity contribution in [3.63, 3.8) is 0 Å². The molecule has 0 radical (unpaired) electrons. The van der Waals surface area contributed by atoms with Crippen LogP contribution in [0.2, 0.25) is 0 Å². The molecule has 0 aliphatic rings. The van der Waals surface area contributed by atoms with Gasteiger partial charge in [-0.1, -0.05) is 30.3 Å². The number of aryl methyl sites for hydroxylation is 3. The van der Waals surface area contributed by atoms with Gasteiger partial charge in [-0.3, -0.25) is 4.79 Å². The van der Waals surface area contributed by atoms with Crippen molar-refractivity contribution in [3.8, 4) is 16.9 Å². The van der Waals surface area contributed by atoms with Crippen LogP contribution in [0.15, 0.2) is 53.3 Å². The minimum atomic E-state index is -4.75. The van der Waals surface area contributed by atoms with Crippen LogP contribution in [0.3, 0.4) is 0 Å². The van der Waals surface area contributed by atoms with Crippen LogP contribution in [0.4, 0.5) is 13.2 Å². The summed E-state index contributed by atoms with van der Waals surface area (Å²) in [5.41, 5.74) is 4.37. The van der Waals surface area contributed by atoms with Gasteiger partial charge in [0.05, 0.1) is 5.56 Å². The highest BCUT2D eigenvalue weighted by atomic mass is 19.4. The Balaban J connectivity index is 1.70. The van der Waals surface area contributed by atoms with E-state index >= 15 is 0 Å². The minimum Gasteiger partial charge on any atom is -0.406 e. The van der Waals surface area contributed by atoms with E-state index in [2.05, 4.69) is 14.7 Å². The van der Waals surface area contributed by atoms with Crippen molar-refractivity contribution in [2.75, 3.05) is 0 Å². The Hall–Kier alpha value is -3.55. The van der Waals surface area contributed by atoms with Crippen molar-refractivity contribution < 1.29 is 17.9 Å². The van der Waals surface area contributed by atoms with Gasteiger partial charge in [-0.05, 0) is 56.5 Å². The molecular weight excluding hydrogens is 419 g/mol. The molecule has 32 heavy (non-hydrogen) atoms. The number of benzene rings is 2. The van der Waals surface area contributed by atoms with Gasteiger partial charge in [-0.2, -0.15) is 4.98 Å². The standard InChI is InChI=1S/C24H22F3N3O2/c1-14-19(20-13-18(32-24(25,26)27)9-10-21(20)28-14)11-12-30-15(2)22(23(31)29-16(30)3)17-7-5-4-6-8-17/h4-10,13,28H,11-12H2,1-3H3. The summed E-state index contributed by atoms with van der Waals surface area (Å²) in [4.78, 5) is 20.0. The summed E-state index contributed by atoms with van der Waals surface area (Å²) in [6.45, 7) is 6.07. The Morgan fingerprint density at radius 1 is 1.06 bits per heavy atom. The predicted molar refractivity (Wildman–Crippen MR) is 117 cm³/mol. The number of hydrogen-bond acceptors (Lipinski definition) is 3. The molecule has 166 valence electrons. The fraction of sp³-hybridized carbons (Fsp3) is 0.250. The molecule has 0 unspecified atom stereocenters. The first kappa shape index (κ1) is 21.7. The number of nitrogens with one attached hydrogen (secondary N) is 1. The lowest BCUT2D eigenvalue weighted by atomic mass is 10.0. The third kappa shape index (κ3) is 4.26. The molecule has 4 aromatic rings. The van der Waals surface area contributed by atoms with Gasteiger partial charge in [-0.25, -0.2) is 0 Å². The molecule has 2 aromatic carbocycles. The van der Waals surface area contributed by atoms with Gasteiger partial charge in [0.1, 0.15) is 11.6 Å². The van der Waals surface area contributed by atoms with E-state index in [1.165, 1.54) is 12.1 Å². The first-order chi connectivity index (χ1) is 15.1. The van der Waals surface area contributed by atoms with Gasteiger partial charge in [0.25, 0.3) is 5.56 Å². The zero-order valence-corrected chi connectivity index (χ0v) is 17.9. The first-order valence-electron chi connectivity index (χ1n) is 10.1. The van der Waals surface area contributed by atoms with Crippen LogP contribution in [0, 0.1) is 20.8 Å². The molecule has 0 aliphatic carbocycles. The zero-order chi connectivity index (χ0) is 23.0. The van der Waals surface area contributed by atoms with Gasteiger partial charge >= 0.3 is 6.36 Å². The summed E-state index contributed by atoms with van der Waals surface area (Å²) < 4.78 is 44.0. The number of ether oxygens (including phenoxy) is 1. The molecular formula is C24H22F3N3O2. The normalized spacial score (nSPS) is 11.8. The molecule has 0 amide bonds. The Labute approximate surface area is 182 Å². The van der Waals surface area contributed by atoms with E-state index in [4.69, 9.17) is 0 Å². The van der Waals surface area contributed by atoms with Crippen molar-refractivity contribution in [3.05, 3.63) is 81.7 Å². The molecule has 2 heterocycles. The monoisotopic (exact) mass is 441 g/mol. The molecule has 0 fully saturated rings. The molecule has 0 spiro atoms. The van der Waals surface area contributed by atoms with Crippen LogP contribution >= 0.6 is 0 Å². The molecule has 0 atom stereocenters. The van der Waals surface area contributed by atoms with Crippen LogP contribution in [-0.2, 0) is 13.0 Å². The Bertz CT molecular complexity index is 1340. The van der Waals surface area contributed by atoms with Crippen molar-refractivity contribution in [1.82, 2.24) is 14.5 Å². The summed E-state index contributed by atoms with van der Waals surface area (Å²) in [5, 5.41) is 0.678. The molecule has 4 rings (SSSR count). The molecule has 8 heteroatoms. The maximum atomic E-state index is 12.6. The van der Waals surface area contributed by atoms with Crippen molar-refractivity contribution in [2.45, 2.75) is 40.1 Å². The molecule has 5 nitrogen and oxygen atoms in total. The highest BCUT2D eigenvalue weighted by Crippen LogP contribution is 2.30. The zero-order valence-electron chi connectivity index (χ0n) is 17.9. The SMILES string of the molecule is Cc1[nH]c2ccc(OC(F)(F)F)cc2c1CCn1c(C)nc(=O)c(-c2ccccc2)c1C. The van der Waals surface area contributed by atoms with E-state index in [1.807, 2.05) is 48.7 Å². The van der Waals surface area contributed by atoms with Crippen LogP contribution in [0.25, 0.3) is 22.0 Å². The molecule has 1 N–H and O–H groups in total. The molecule has 0 bridgehead atoms. The number of H-pyrrole nitrogens is 1. The van der Waals surface area contributed by atoms with Crippen molar-refractivity contribution in [2.24, 2.45) is 0 Å². The maximum absolute atomic E-state index is 12.6. The van der Waals surface area contributed by atoms with Gasteiger partial charge in [0.15, 0.2) is 0 Å². The van der Waals surface area contributed by atoms with Crippen LogP contribution in [0.1, 0.15) is 22.8 Å². The summed E-state index contributed by atoms with van der Waals surface area (Å²) in [6, 6.07) is 13.6.